The second-order valence-corrected chi connectivity index (χ2v) is 9.03. The maximum atomic E-state index is 12.4. The highest BCUT2D eigenvalue weighted by Gasteiger charge is 2.33. The van der Waals surface area contributed by atoms with Gasteiger partial charge in [-0.15, -0.1) is 4.40 Å². The van der Waals surface area contributed by atoms with Crippen LogP contribution in [0.25, 0.3) is 0 Å². The van der Waals surface area contributed by atoms with Crippen molar-refractivity contribution in [2.45, 2.75) is 18.4 Å². The third kappa shape index (κ3) is 3.34. The fourth-order valence-corrected chi connectivity index (χ4v) is 5.16. The fraction of sp³-hybridized carbons (Fsp3) is 0.222. The Hall–Kier alpha value is -2.32. The van der Waals surface area contributed by atoms with Gasteiger partial charge in [-0.1, -0.05) is 29.8 Å². The summed E-state index contributed by atoms with van der Waals surface area (Å²) in [5, 5.41) is 3.38. The standard InChI is InChI=1S/C18H17N3O3S2/c1-12-2-4-13(5-3-12)11-19-17(22)14-6-7-15-16(10-14)25-18-20-26(23,24)9-8-21(15)18/h2-7,10H,8-9,11H2,1H3,(H,19,22). The van der Waals surface area contributed by atoms with Crippen LogP contribution in [0.4, 0.5) is 5.69 Å². The molecular formula is C18H17N3O3S2. The molecule has 134 valence electrons. The smallest absolute Gasteiger partial charge is 0.257 e. The van der Waals surface area contributed by atoms with Gasteiger partial charge in [0.1, 0.15) is 0 Å². The van der Waals surface area contributed by atoms with Gasteiger partial charge in [-0.2, -0.15) is 0 Å². The van der Waals surface area contributed by atoms with E-state index in [9.17, 15) is 13.2 Å². The molecule has 2 aromatic rings. The van der Waals surface area contributed by atoms with E-state index >= 15 is 0 Å². The number of hydrogen-bond donors (Lipinski definition) is 1. The first-order valence-corrected chi connectivity index (χ1v) is 10.6. The highest BCUT2D eigenvalue weighted by Crippen LogP contribution is 2.42. The van der Waals surface area contributed by atoms with Crippen LogP contribution in [-0.2, 0) is 16.6 Å². The van der Waals surface area contributed by atoms with Crippen LogP contribution in [-0.4, -0.2) is 31.8 Å². The van der Waals surface area contributed by atoms with Gasteiger partial charge >= 0.3 is 0 Å². The molecule has 26 heavy (non-hydrogen) atoms. The van der Waals surface area contributed by atoms with E-state index in [0.717, 1.165) is 16.1 Å². The van der Waals surface area contributed by atoms with E-state index in [1.807, 2.05) is 42.2 Å². The van der Waals surface area contributed by atoms with Gasteiger partial charge in [-0.3, -0.25) is 4.79 Å². The van der Waals surface area contributed by atoms with E-state index in [1.54, 1.807) is 12.1 Å². The number of carbonyl (C=O) groups excluding carboxylic acids is 1. The van der Waals surface area contributed by atoms with Crippen molar-refractivity contribution >= 4 is 38.5 Å². The number of nitrogens with one attached hydrogen (secondary N) is 1. The Labute approximate surface area is 156 Å². The Morgan fingerprint density at radius 2 is 2.00 bits per heavy atom. The first kappa shape index (κ1) is 17.1. The van der Waals surface area contributed by atoms with Gasteiger partial charge in [0.25, 0.3) is 15.9 Å². The van der Waals surface area contributed by atoms with Crippen molar-refractivity contribution in [2.75, 3.05) is 17.2 Å². The molecular weight excluding hydrogens is 370 g/mol. The van der Waals surface area contributed by atoms with Crippen molar-refractivity contribution in [3.63, 3.8) is 0 Å². The van der Waals surface area contributed by atoms with Gasteiger partial charge in [0.15, 0.2) is 5.17 Å². The highest BCUT2D eigenvalue weighted by atomic mass is 32.2. The molecule has 2 heterocycles. The summed E-state index contributed by atoms with van der Waals surface area (Å²) in [6, 6.07) is 13.4. The number of anilines is 1. The predicted octanol–water partition coefficient (Wildman–Crippen LogP) is 2.54. The third-order valence-corrected chi connectivity index (χ3v) is 6.61. The highest BCUT2D eigenvalue weighted by molar-refractivity contribution is 8.15. The number of amidine groups is 1. The van der Waals surface area contributed by atoms with Crippen LogP contribution in [0.2, 0.25) is 0 Å². The van der Waals surface area contributed by atoms with Gasteiger partial charge < -0.3 is 10.2 Å². The maximum Gasteiger partial charge on any atom is 0.257 e. The van der Waals surface area contributed by atoms with Gasteiger partial charge in [-0.05, 0) is 42.4 Å². The number of hydrogen-bond acceptors (Lipinski definition) is 5. The van der Waals surface area contributed by atoms with Crippen LogP contribution < -0.4 is 10.2 Å². The van der Waals surface area contributed by atoms with Gasteiger partial charge in [0.05, 0.1) is 11.4 Å². The van der Waals surface area contributed by atoms with Crippen LogP contribution in [0.1, 0.15) is 21.5 Å². The SMILES string of the molecule is Cc1ccc(CNC(=O)c2ccc3c(c2)SC2=NS(=O)(=O)CCN23)cc1. The summed E-state index contributed by atoms with van der Waals surface area (Å²) < 4.78 is 27.2. The predicted molar refractivity (Wildman–Crippen MR) is 103 cm³/mol. The molecule has 0 bridgehead atoms. The van der Waals surface area contributed by atoms with Crippen molar-refractivity contribution < 1.29 is 13.2 Å². The lowest BCUT2D eigenvalue weighted by Gasteiger charge is -2.22. The first-order valence-electron chi connectivity index (χ1n) is 8.17. The summed E-state index contributed by atoms with van der Waals surface area (Å²) in [5.41, 5.74) is 3.67. The first-order chi connectivity index (χ1) is 12.4. The van der Waals surface area contributed by atoms with Crippen molar-refractivity contribution in [1.82, 2.24) is 5.32 Å². The number of fused-ring (bicyclic) bond motifs is 3. The Morgan fingerprint density at radius 1 is 1.23 bits per heavy atom. The minimum Gasteiger partial charge on any atom is -0.348 e. The third-order valence-electron chi connectivity index (χ3n) is 4.31. The van der Waals surface area contributed by atoms with Crippen molar-refractivity contribution in [3.05, 3.63) is 59.2 Å². The zero-order chi connectivity index (χ0) is 18.3. The summed E-state index contributed by atoms with van der Waals surface area (Å²) in [4.78, 5) is 15.2. The second-order valence-electron chi connectivity index (χ2n) is 6.26. The molecule has 4 rings (SSSR count). The number of rotatable bonds is 3. The van der Waals surface area contributed by atoms with E-state index in [4.69, 9.17) is 0 Å². The molecule has 1 amide bonds. The summed E-state index contributed by atoms with van der Waals surface area (Å²) >= 11 is 1.29. The quantitative estimate of drug-likeness (QED) is 0.876. The zero-order valence-electron chi connectivity index (χ0n) is 14.1. The van der Waals surface area contributed by atoms with Crippen LogP contribution in [0.15, 0.2) is 51.8 Å². The molecule has 2 aliphatic heterocycles. The Balaban J connectivity index is 1.50. The molecule has 0 aromatic heterocycles. The van der Waals surface area contributed by atoms with Gasteiger partial charge in [0.2, 0.25) is 0 Å². The molecule has 8 heteroatoms. The van der Waals surface area contributed by atoms with Crippen LogP contribution in [0.3, 0.4) is 0 Å². The second kappa shape index (κ2) is 6.44. The normalized spacial score (nSPS) is 17.3. The lowest BCUT2D eigenvalue weighted by atomic mass is 10.1. The number of carbonyl (C=O) groups is 1. The molecule has 2 aliphatic rings. The average Bonchev–Trinajstić information content (AvgIpc) is 2.96. The van der Waals surface area contributed by atoms with E-state index in [2.05, 4.69) is 9.71 Å². The molecule has 0 aliphatic carbocycles. The molecule has 0 atom stereocenters. The molecule has 6 nitrogen and oxygen atoms in total. The zero-order valence-corrected chi connectivity index (χ0v) is 15.7. The van der Waals surface area contributed by atoms with E-state index in [0.29, 0.717) is 23.8 Å². The lowest BCUT2D eigenvalue weighted by Crippen LogP contribution is -2.35. The van der Waals surface area contributed by atoms with Crippen molar-refractivity contribution in [2.24, 2.45) is 4.40 Å². The molecule has 0 radical (unpaired) electrons. The van der Waals surface area contributed by atoms with E-state index < -0.39 is 10.0 Å². The topological polar surface area (TPSA) is 78.8 Å². The Kier molecular flexibility index (Phi) is 4.24. The number of sulfonamides is 1. The average molecular weight is 387 g/mol. The van der Waals surface area contributed by atoms with Crippen LogP contribution in [0, 0.1) is 6.92 Å². The largest absolute Gasteiger partial charge is 0.348 e. The lowest BCUT2D eigenvalue weighted by molar-refractivity contribution is 0.0950. The Morgan fingerprint density at radius 3 is 2.77 bits per heavy atom. The number of nitrogens with zero attached hydrogens (tertiary/aromatic N) is 2. The van der Waals surface area contributed by atoms with Crippen LogP contribution >= 0.6 is 11.8 Å². The number of benzene rings is 2. The summed E-state index contributed by atoms with van der Waals surface area (Å²) in [7, 11) is -3.38. The molecule has 0 unspecified atom stereocenters. The van der Waals surface area contributed by atoms with Crippen molar-refractivity contribution in [3.8, 4) is 0 Å². The molecule has 0 spiro atoms. The van der Waals surface area contributed by atoms with Gasteiger partial charge in [0, 0.05) is 23.5 Å². The molecule has 0 saturated heterocycles. The minimum absolute atomic E-state index is 0.00921. The summed E-state index contributed by atoms with van der Waals surface area (Å²) in [6.45, 7) is 2.87. The minimum atomic E-state index is -3.38. The molecule has 0 fully saturated rings. The molecule has 2 aromatic carbocycles. The number of aryl methyl sites for hydroxylation is 1. The summed E-state index contributed by atoms with van der Waals surface area (Å²) in [6.07, 6.45) is 0. The molecule has 0 saturated carbocycles. The number of amides is 1. The van der Waals surface area contributed by atoms with Crippen LogP contribution in [0.5, 0.6) is 0 Å². The van der Waals surface area contributed by atoms with E-state index in [-0.39, 0.29) is 11.7 Å². The van der Waals surface area contributed by atoms with Gasteiger partial charge in [-0.25, -0.2) is 8.42 Å². The number of thioether (sulfide) groups is 1. The van der Waals surface area contributed by atoms with E-state index in [1.165, 1.54) is 17.3 Å². The molecule has 1 N–H and O–H groups in total. The maximum absolute atomic E-state index is 12.4. The fourth-order valence-electron chi connectivity index (χ4n) is 2.86. The van der Waals surface area contributed by atoms with Crippen molar-refractivity contribution in [1.29, 1.82) is 0 Å². The Bertz CT molecular complexity index is 1010. The summed E-state index contributed by atoms with van der Waals surface area (Å²) in [5.74, 6) is -0.150. The monoisotopic (exact) mass is 387 g/mol.